The summed E-state index contributed by atoms with van der Waals surface area (Å²) >= 11 is 11.9. The van der Waals surface area contributed by atoms with Crippen molar-refractivity contribution in [3.05, 3.63) is 52.3 Å². The van der Waals surface area contributed by atoms with Crippen LogP contribution in [0.25, 0.3) is 11.0 Å². The molecule has 0 spiro atoms. The fourth-order valence-electron chi connectivity index (χ4n) is 3.68. The summed E-state index contributed by atoms with van der Waals surface area (Å²) in [7, 11) is 0. The molecule has 1 aliphatic carbocycles. The maximum Gasteiger partial charge on any atom is 0.326 e. The van der Waals surface area contributed by atoms with Crippen LogP contribution in [0.4, 0.5) is 20.8 Å². The molecule has 3 aromatic rings. The number of urea groups is 1. The molecule has 0 aliphatic heterocycles. The van der Waals surface area contributed by atoms with E-state index in [0.29, 0.717) is 58.4 Å². The van der Waals surface area contributed by atoms with E-state index in [2.05, 4.69) is 15.6 Å². The Morgan fingerprint density at radius 3 is 2.55 bits per heavy atom. The van der Waals surface area contributed by atoms with Crippen LogP contribution in [0.5, 0.6) is 0 Å². The standard InChI is InChI=1S/C20H19Cl2FN4O2/c21-15-7-2-12(10-16(15)22)24-20(29)26-19-25-17-8-1-11(23)9-18(17)27(19)13-3-5-14(28)6-4-13/h1-2,7-10,13-14,28H,3-6H2,(H2,24,25,26,29)/t13-,14-. The number of halogens is 3. The number of amides is 2. The zero-order valence-electron chi connectivity index (χ0n) is 15.3. The number of carbonyl (C=O) groups is 1. The molecule has 1 saturated carbocycles. The van der Waals surface area contributed by atoms with Gasteiger partial charge in [-0.05, 0) is 62.1 Å². The highest BCUT2D eigenvalue weighted by molar-refractivity contribution is 6.42. The van der Waals surface area contributed by atoms with E-state index in [4.69, 9.17) is 23.2 Å². The number of aliphatic hydroxyl groups excluding tert-OH is 1. The van der Waals surface area contributed by atoms with E-state index in [1.165, 1.54) is 12.1 Å². The molecule has 29 heavy (non-hydrogen) atoms. The Morgan fingerprint density at radius 2 is 1.83 bits per heavy atom. The maximum absolute atomic E-state index is 13.9. The predicted molar refractivity (Wildman–Crippen MR) is 112 cm³/mol. The van der Waals surface area contributed by atoms with Gasteiger partial charge in [-0.2, -0.15) is 0 Å². The van der Waals surface area contributed by atoms with Gasteiger partial charge in [0.25, 0.3) is 0 Å². The summed E-state index contributed by atoms with van der Waals surface area (Å²) in [4.78, 5) is 17.0. The first-order valence-electron chi connectivity index (χ1n) is 9.29. The number of aromatic nitrogens is 2. The Bertz CT molecular complexity index is 1060. The zero-order valence-corrected chi connectivity index (χ0v) is 16.8. The second-order valence-corrected chi connectivity index (χ2v) is 7.92. The van der Waals surface area contributed by atoms with Crippen molar-refractivity contribution in [1.29, 1.82) is 0 Å². The van der Waals surface area contributed by atoms with Gasteiger partial charge in [0.2, 0.25) is 5.95 Å². The Labute approximate surface area is 176 Å². The fourth-order valence-corrected chi connectivity index (χ4v) is 3.98. The van der Waals surface area contributed by atoms with Crippen molar-refractivity contribution in [3.8, 4) is 0 Å². The van der Waals surface area contributed by atoms with Crippen molar-refractivity contribution >= 4 is 51.9 Å². The molecule has 1 heterocycles. The Hall–Kier alpha value is -2.35. The van der Waals surface area contributed by atoms with Gasteiger partial charge in [0, 0.05) is 11.7 Å². The largest absolute Gasteiger partial charge is 0.393 e. The summed E-state index contributed by atoms with van der Waals surface area (Å²) in [5.74, 6) is -0.0501. The number of imidazole rings is 1. The summed E-state index contributed by atoms with van der Waals surface area (Å²) in [6, 6.07) is 8.60. The minimum atomic E-state index is -0.503. The molecule has 1 aromatic heterocycles. The fraction of sp³-hybridized carbons (Fsp3) is 0.300. The van der Waals surface area contributed by atoms with Gasteiger partial charge in [-0.25, -0.2) is 14.2 Å². The van der Waals surface area contributed by atoms with Gasteiger partial charge in [0.15, 0.2) is 0 Å². The average molecular weight is 437 g/mol. The van der Waals surface area contributed by atoms with Gasteiger partial charge in [-0.1, -0.05) is 23.2 Å². The predicted octanol–water partition coefficient (Wildman–Crippen LogP) is 5.60. The number of rotatable bonds is 3. The number of anilines is 2. The van der Waals surface area contributed by atoms with Gasteiger partial charge >= 0.3 is 6.03 Å². The number of benzene rings is 2. The SMILES string of the molecule is O=C(Nc1ccc(Cl)c(Cl)c1)Nc1nc2ccc(F)cc2n1[C@H]1CC[C@H](O)CC1. The number of aliphatic hydroxyl groups is 1. The highest BCUT2D eigenvalue weighted by Crippen LogP contribution is 2.35. The molecule has 0 unspecified atom stereocenters. The minimum absolute atomic E-state index is 0.00507. The van der Waals surface area contributed by atoms with E-state index in [1.54, 1.807) is 24.3 Å². The van der Waals surface area contributed by atoms with Crippen LogP contribution >= 0.6 is 23.2 Å². The first kappa shape index (κ1) is 19.9. The molecular weight excluding hydrogens is 418 g/mol. The van der Waals surface area contributed by atoms with Crippen LogP contribution in [-0.2, 0) is 0 Å². The molecule has 3 N–H and O–H groups in total. The molecule has 1 fully saturated rings. The smallest absolute Gasteiger partial charge is 0.326 e. The van der Waals surface area contributed by atoms with Gasteiger partial charge in [-0.15, -0.1) is 0 Å². The second-order valence-electron chi connectivity index (χ2n) is 7.11. The number of fused-ring (bicyclic) bond motifs is 1. The monoisotopic (exact) mass is 436 g/mol. The lowest BCUT2D eigenvalue weighted by atomic mass is 9.93. The topological polar surface area (TPSA) is 79.2 Å². The third-order valence-electron chi connectivity index (χ3n) is 5.09. The molecule has 0 saturated heterocycles. The first-order valence-corrected chi connectivity index (χ1v) is 10.0. The van der Waals surface area contributed by atoms with Crippen LogP contribution in [0, 0.1) is 5.82 Å². The van der Waals surface area contributed by atoms with E-state index in [-0.39, 0.29) is 18.0 Å². The lowest BCUT2D eigenvalue weighted by molar-refractivity contribution is 0.112. The van der Waals surface area contributed by atoms with Crippen LogP contribution in [0.1, 0.15) is 31.7 Å². The van der Waals surface area contributed by atoms with E-state index < -0.39 is 6.03 Å². The first-order chi connectivity index (χ1) is 13.9. The number of nitrogens with one attached hydrogen (secondary N) is 2. The summed E-state index contributed by atoms with van der Waals surface area (Å²) in [6.07, 6.45) is 2.40. The molecule has 4 rings (SSSR count). The molecule has 0 bridgehead atoms. The zero-order chi connectivity index (χ0) is 20.5. The highest BCUT2D eigenvalue weighted by atomic mass is 35.5. The number of nitrogens with zero attached hydrogens (tertiary/aromatic N) is 2. The molecule has 6 nitrogen and oxygen atoms in total. The van der Waals surface area contributed by atoms with Crippen LogP contribution in [0.15, 0.2) is 36.4 Å². The van der Waals surface area contributed by atoms with Gasteiger partial charge in [0.05, 0.1) is 27.2 Å². The maximum atomic E-state index is 13.9. The number of carbonyl (C=O) groups excluding carboxylic acids is 1. The van der Waals surface area contributed by atoms with Crippen molar-refractivity contribution in [2.75, 3.05) is 10.6 Å². The Balaban J connectivity index is 1.62. The van der Waals surface area contributed by atoms with Gasteiger partial charge in [0.1, 0.15) is 5.82 Å². The van der Waals surface area contributed by atoms with E-state index >= 15 is 0 Å². The quantitative estimate of drug-likeness (QED) is 0.499. The molecule has 152 valence electrons. The molecular formula is C20H19Cl2FN4O2. The Morgan fingerprint density at radius 1 is 1.07 bits per heavy atom. The van der Waals surface area contributed by atoms with Crippen LogP contribution in [0.2, 0.25) is 10.0 Å². The Kier molecular flexibility index (Phi) is 5.63. The molecule has 1 aliphatic rings. The third kappa shape index (κ3) is 4.32. The summed E-state index contributed by atoms with van der Waals surface area (Å²) in [6.45, 7) is 0. The summed E-state index contributed by atoms with van der Waals surface area (Å²) in [5, 5.41) is 16.0. The third-order valence-corrected chi connectivity index (χ3v) is 5.82. The van der Waals surface area contributed by atoms with Crippen molar-refractivity contribution in [2.24, 2.45) is 0 Å². The van der Waals surface area contributed by atoms with Crippen molar-refractivity contribution in [2.45, 2.75) is 37.8 Å². The second kappa shape index (κ2) is 8.18. The molecule has 0 atom stereocenters. The van der Waals surface area contributed by atoms with Crippen LogP contribution < -0.4 is 10.6 Å². The van der Waals surface area contributed by atoms with Gasteiger partial charge in [-0.3, -0.25) is 5.32 Å². The molecule has 2 amide bonds. The summed E-state index contributed by atoms with van der Waals surface area (Å²) < 4.78 is 15.7. The lowest BCUT2D eigenvalue weighted by Crippen LogP contribution is -2.25. The summed E-state index contributed by atoms with van der Waals surface area (Å²) in [5.41, 5.74) is 1.67. The molecule has 2 aromatic carbocycles. The highest BCUT2D eigenvalue weighted by Gasteiger charge is 2.25. The van der Waals surface area contributed by atoms with E-state index in [0.717, 1.165) is 0 Å². The van der Waals surface area contributed by atoms with Crippen molar-refractivity contribution < 1.29 is 14.3 Å². The number of hydrogen-bond donors (Lipinski definition) is 3. The molecule has 0 radical (unpaired) electrons. The van der Waals surface area contributed by atoms with Crippen molar-refractivity contribution in [1.82, 2.24) is 9.55 Å². The molecule has 9 heteroatoms. The van der Waals surface area contributed by atoms with Crippen molar-refractivity contribution in [3.63, 3.8) is 0 Å². The lowest BCUT2D eigenvalue weighted by Gasteiger charge is -2.28. The minimum Gasteiger partial charge on any atom is -0.393 e. The average Bonchev–Trinajstić information content (AvgIpc) is 3.02. The van der Waals surface area contributed by atoms with E-state index in [9.17, 15) is 14.3 Å². The number of hydrogen-bond acceptors (Lipinski definition) is 3. The normalized spacial score (nSPS) is 19.3. The van der Waals surface area contributed by atoms with E-state index in [1.807, 2.05) is 4.57 Å². The van der Waals surface area contributed by atoms with Gasteiger partial charge < -0.3 is 15.0 Å². The van der Waals surface area contributed by atoms with Crippen LogP contribution in [0.3, 0.4) is 0 Å². The van der Waals surface area contributed by atoms with Crippen LogP contribution in [-0.4, -0.2) is 26.8 Å².